The largest absolute Gasteiger partial charge is 0.439 e. The summed E-state index contributed by atoms with van der Waals surface area (Å²) in [5.74, 6) is -0.374. The van der Waals surface area contributed by atoms with Crippen molar-refractivity contribution in [3.05, 3.63) is 57.0 Å². The molecule has 1 aliphatic rings. The molecule has 1 saturated heterocycles. The summed E-state index contributed by atoms with van der Waals surface area (Å²) in [6.45, 7) is 14.4. The molecule has 6 nitrogen and oxygen atoms in total. The Balaban J connectivity index is 1.85. The van der Waals surface area contributed by atoms with Gasteiger partial charge in [0.1, 0.15) is 6.10 Å². The quantitative estimate of drug-likeness (QED) is 0.370. The number of cyclic esters (lactones) is 1. The van der Waals surface area contributed by atoms with Gasteiger partial charge in [0.2, 0.25) is 5.91 Å². The molecule has 3 atom stereocenters. The summed E-state index contributed by atoms with van der Waals surface area (Å²) >= 11 is 8.26. The maximum Gasteiger partial charge on any atom is 0.417 e. The summed E-state index contributed by atoms with van der Waals surface area (Å²) in [6, 6.07) is 9.00. The molecule has 0 radical (unpaired) electrons. The van der Waals surface area contributed by atoms with Crippen LogP contribution in [0.15, 0.2) is 40.7 Å². The molecule has 184 valence electrons. The van der Waals surface area contributed by atoms with Gasteiger partial charge in [0.15, 0.2) is 8.32 Å². The molecule has 0 aliphatic carbocycles. The van der Waals surface area contributed by atoms with Crippen molar-refractivity contribution in [1.82, 2.24) is 9.88 Å². The summed E-state index contributed by atoms with van der Waals surface area (Å²) in [5.41, 5.74) is 1.58. The minimum atomic E-state index is -2.28. The number of nitrogens with zero attached hydrogens (tertiary/aromatic N) is 2. The number of hydrogen-bond acceptors (Lipinski definition) is 6. The van der Waals surface area contributed by atoms with Crippen LogP contribution in [0, 0.1) is 6.92 Å². The van der Waals surface area contributed by atoms with Gasteiger partial charge in [-0.25, -0.2) is 14.7 Å². The van der Waals surface area contributed by atoms with Gasteiger partial charge in [0.25, 0.3) is 0 Å². The normalized spacial score (nSPS) is 20.4. The third kappa shape index (κ3) is 5.97. The molecule has 2 heterocycles. The minimum Gasteiger partial charge on any atom is -0.439 e. The van der Waals surface area contributed by atoms with Gasteiger partial charge in [0.05, 0.1) is 29.3 Å². The monoisotopic (exact) mass is 520 g/mol. The average Bonchev–Trinajstić information content (AvgIpc) is 3.28. The van der Waals surface area contributed by atoms with Crippen molar-refractivity contribution in [2.45, 2.75) is 77.4 Å². The van der Waals surface area contributed by atoms with E-state index in [0.29, 0.717) is 5.03 Å². The molecule has 1 fully saturated rings. The third-order valence-corrected chi connectivity index (χ3v) is 12.1. The predicted octanol–water partition coefficient (Wildman–Crippen LogP) is 6.92. The number of thiazole rings is 1. The molecule has 2 aromatic rings. The number of imide groups is 1. The minimum absolute atomic E-state index is 0.0636. The highest BCUT2D eigenvalue weighted by molar-refractivity contribution is 7.09. The van der Waals surface area contributed by atoms with Crippen LogP contribution < -0.4 is 0 Å². The van der Waals surface area contributed by atoms with E-state index in [9.17, 15) is 9.59 Å². The molecular formula is C25H33ClN2O4SSi. The van der Waals surface area contributed by atoms with Crippen LogP contribution in [0.4, 0.5) is 4.79 Å². The van der Waals surface area contributed by atoms with E-state index < -0.39 is 32.7 Å². The van der Waals surface area contributed by atoms with Crippen LogP contribution in [0.2, 0.25) is 18.1 Å². The van der Waals surface area contributed by atoms with Gasteiger partial charge >= 0.3 is 6.09 Å². The van der Waals surface area contributed by atoms with E-state index in [0.717, 1.165) is 16.3 Å². The van der Waals surface area contributed by atoms with Gasteiger partial charge < -0.3 is 9.16 Å². The second kappa shape index (κ2) is 10.3. The number of carbonyl (C=O) groups is 2. The molecular weight excluding hydrogens is 488 g/mol. The highest BCUT2D eigenvalue weighted by Gasteiger charge is 2.45. The van der Waals surface area contributed by atoms with E-state index in [4.69, 9.17) is 20.8 Å². The molecule has 0 N–H and O–H groups in total. The van der Waals surface area contributed by atoms with Crippen molar-refractivity contribution < 1.29 is 18.8 Å². The van der Waals surface area contributed by atoms with Crippen molar-refractivity contribution in [1.29, 1.82) is 0 Å². The number of aromatic nitrogens is 1. The maximum atomic E-state index is 13.4. The van der Waals surface area contributed by atoms with E-state index in [1.807, 2.05) is 49.6 Å². The molecule has 0 saturated carbocycles. The fourth-order valence-corrected chi connectivity index (χ4v) is 5.70. The zero-order valence-electron chi connectivity index (χ0n) is 20.8. The molecule has 1 aliphatic heterocycles. The topological polar surface area (TPSA) is 68.7 Å². The molecule has 0 bridgehead atoms. The Hall–Kier alpha value is -2.00. The number of hydrogen-bond donors (Lipinski definition) is 0. The lowest BCUT2D eigenvalue weighted by atomic mass is 10.0. The second-order valence-corrected chi connectivity index (χ2v) is 16.4. The number of halogens is 1. The summed E-state index contributed by atoms with van der Waals surface area (Å²) in [5, 5.41) is 3.14. The molecule has 0 unspecified atom stereocenters. The lowest BCUT2D eigenvalue weighted by Crippen LogP contribution is -2.46. The second-order valence-electron chi connectivity index (χ2n) is 10.1. The van der Waals surface area contributed by atoms with Gasteiger partial charge in [-0.3, -0.25) is 4.79 Å². The standard InChI is InChI=1S/C25H33ClN2O4SSi/c1-16-23(18-11-9-8-10-12-18)31-24(30)28(16)22(29)14-21(32-34(6,7)25(3,4)5)20(26)13-19-15-33-17(2)27-19/h8-13,15-16,21,23H,14H2,1-7H3/b20-13-/t16-,21-,23-/m0/s1. The van der Waals surface area contributed by atoms with Gasteiger partial charge in [-0.2, -0.15) is 0 Å². The number of amides is 2. The first-order valence-electron chi connectivity index (χ1n) is 11.3. The molecule has 2 amide bonds. The van der Waals surface area contributed by atoms with Crippen molar-refractivity contribution in [2.24, 2.45) is 0 Å². The Morgan fingerprint density at radius 2 is 1.97 bits per heavy atom. The average molecular weight is 521 g/mol. The van der Waals surface area contributed by atoms with Crippen molar-refractivity contribution in [3.8, 4) is 0 Å². The summed E-state index contributed by atoms with van der Waals surface area (Å²) < 4.78 is 12.1. The highest BCUT2D eigenvalue weighted by atomic mass is 35.5. The Morgan fingerprint density at radius 3 is 2.53 bits per heavy atom. The Labute approximate surface area is 212 Å². The molecule has 9 heteroatoms. The number of carbonyl (C=O) groups excluding carboxylic acids is 2. The smallest absolute Gasteiger partial charge is 0.417 e. The number of aryl methyl sites for hydroxylation is 1. The van der Waals surface area contributed by atoms with Gasteiger partial charge in [-0.1, -0.05) is 62.7 Å². The first-order chi connectivity index (χ1) is 15.8. The van der Waals surface area contributed by atoms with Gasteiger partial charge in [0, 0.05) is 10.4 Å². The van der Waals surface area contributed by atoms with Crippen LogP contribution in [0.5, 0.6) is 0 Å². The van der Waals surface area contributed by atoms with E-state index in [-0.39, 0.29) is 17.4 Å². The number of ether oxygens (including phenoxy) is 1. The van der Waals surface area contributed by atoms with E-state index in [2.05, 4.69) is 38.8 Å². The van der Waals surface area contributed by atoms with Crippen molar-refractivity contribution >= 4 is 49.3 Å². The van der Waals surface area contributed by atoms with Crippen molar-refractivity contribution in [2.75, 3.05) is 0 Å². The Bertz CT molecular complexity index is 1060. The van der Waals surface area contributed by atoms with E-state index in [1.54, 1.807) is 6.08 Å². The fourth-order valence-electron chi connectivity index (χ4n) is 3.55. The summed E-state index contributed by atoms with van der Waals surface area (Å²) in [6.07, 6.45) is -0.164. The highest BCUT2D eigenvalue weighted by Crippen LogP contribution is 2.40. The van der Waals surface area contributed by atoms with Crippen LogP contribution in [0.1, 0.15) is 56.5 Å². The number of benzene rings is 1. The van der Waals surface area contributed by atoms with Gasteiger partial charge in [-0.15, -0.1) is 11.3 Å². The third-order valence-electron chi connectivity index (χ3n) is 6.50. The Kier molecular flexibility index (Phi) is 8.07. The summed E-state index contributed by atoms with van der Waals surface area (Å²) in [7, 11) is -2.28. The SMILES string of the molecule is Cc1nc(/C=C(\Cl)[C@H](CC(=O)N2C(=O)O[C@H](c3ccccc3)[C@@H]2C)O[Si](C)(C)C(C)(C)C)cs1. The van der Waals surface area contributed by atoms with Gasteiger partial charge in [-0.05, 0) is 43.6 Å². The van der Waals surface area contributed by atoms with E-state index in [1.165, 1.54) is 16.2 Å². The van der Waals surface area contributed by atoms with Crippen LogP contribution in [-0.4, -0.2) is 42.3 Å². The molecule has 3 rings (SSSR count). The zero-order chi connectivity index (χ0) is 25.3. The van der Waals surface area contributed by atoms with Crippen LogP contribution >= 0.6 is 22.9 Å². The number of rotatable bonds is 7. The lowest BCUT2D eigenvalue weighted by molar-refractivity contribution is -0.130. The van der Waals surface area contributed by atoms with E-state index >= 15 is 0 Å². The molecule has 34 heavy (non-hydrogen) atoms. The first-order valence-corrected chi connectivity index (χ1v) is 15.5. The first kappa shape index (κ1) is 26.6. The lowest BCUT2D eigenvalue weighted by Gasteiger charge is -2.39. The molecule has 0 spiro atoms. The van der Waals surface area contributed by atoms with Crippen LogP contribution in [0.25, 0.3) is 6.08 Å². The molecule has 1 aromatic heterocycles. The fraction of sp³-hybridized carbons (Fsp3) is 0.480. The summed E-state index contributed by atoms with van der Waals surface area (Å²) in [4.78, 5) is 31.7. The Morgan fingerprint density at radius 1 is 1.32 bits per heavy atom. The zero-order valence-corrected chi connectivity index (χ0v) is 23.4. The predicted molar refractivity (Wildman–Crippen MR) is 139 cm³/mol. The van der Waals surface area contributed by atoms with Crippen LogP contribution in [0.3, 0.4) is 0 Å². The maximum absolute atomic E-state index is 13.4. The van der Waals surface area contributed by atoms with Crippen LogP contribution in [-0.2, 0) is 14.0 Å². The van der Waals surface area contributed by atoms with Crippen molar-refractivity contribution in [3.63, 3.8) is 0 Å². The molecule has 1 aromatic carbocycles.